The number of non-ortho nitro benzene ring substituents is 1. The molecular formula is C21H17N3O6. The Labute approximate surface area is 170 Å². The summed E-state index contributed by atoms with van der Waals surface area (Å²) < 4.78 is 6.69. The normalized spacial score (nSPS) is 13.1. The Morgan fingerprint density at radius 1 is 1.13 bits per heavy atom. The molecule has 1 amide bonds. The molecule has 1 aliphatic rings. The molecule has 0 saturated heterocycles. The standard InChI is InChI=1S/C21H17N3O6/c1-2-22-17-10-14(3-7-19(17)30-12-21(22)27)18(25)11-23-16-6-5-15(24(28)29)9-13(16)4-8-20(23)26/h3-10H,2,11-12H2,1H3. The van der Waals surface area contributed by atoms with Crippen molar-refractivity contribution < 1.29 is 19.2 Å². The van der Waals surface area contributed by atoms with Crippen LogP contribution in [0.1, 0.15) is 17.3 Å². The summed E-state index contributed by atoms with van der Waals surface area (Å²) in [6.45, 7) is 1.98. The third-order valence-electron chi connectivity index (χ3n) is 5.03. The maximum absolute atomic E-state index is 12.9. The Bertz CT molecular complexity index is 1260. The smallest absolute Gasteiger partial charge is 0.270 e. The number of carbonyl (C=O) groups excluding carboxylic acids is 2. The second-order valence-electron chi connectivity index (χ2n) is 6.79. The SMILES string of the molecule is CCN1C(=O)COc2ccc(C(=O)Cn3c(=O)ccc4cc([N+](=O)[O-])ccc43)cc21. The molecular weight excluding hydrogens is 390 g/mol. The van der Waals surface area contributed by atoms with E-state index in [1.54, 1.807) is 23.1 Å². The summed E-state index contributed by atoms with van der Waals surface area (Å²) in [5, 5.41) is 11.5. The predicted molar refractivity (Wildman–Crippen MR) is 109 cm³/mol. The molecule has 2 aromatic carbocycles. The molecule has 1 aliphatic heterocycles. The fraction of sp³-hybridized carbons (Fsp3) is 0.190. The lowest BCUT2D eigenvalue weighted by atomic mass is 10.1. The minimum absolute atomic E-state index is 0.0499. The number of ether oxygens (including phenoxy) is 1. The van der Waals surface area contributed by atoms with Gasteiger partial charge in [-0.25, -0.2) is 0 Å². The van der Waals surface area contributed by atoms with E-state index in [0.717, 1.165) is 0 Å². The summed E-state index contributed by atoms with van der Waals surface area (Å²) in [6, 6.07) is 11.7. The lowest BCUT2D eigenvalue weighted by Crippen LogP contribution is -2.38. The molecule has 0 radical (unpaired) electrons. The minimum Gasteiger partial charge on any atom is -0.482 e. The van der Waals surface area contributed by atoms with Crippen molar-refractivity contribution in [3.63, 3.8) is 0 Å². The van der Waals surface area contributed by atoms with E-state index in [1.165, 1.54) is 34.9 Å². The van der Waals surface area contributed by atoms with Gasteiger partial charge in [0.25, 0.3) is 17.2 Å². The fourth-order valence-electron chi connectivity index (χ4n) is 3.52. The highest BCUT2D eigenvalue weighted by atomic mass is 16.6. The maximum Gasteiger partial charge on any atom is 0.270 e. The van der Waals surface area contributed by atoms with Gasteiger partial charge in [-0.05, 0) is 37.3 Å². The van der Waals surface area contributed by atoms with Gasteiger partial charge in [-0.3, -0.25) is 24.5 Å². The van der Waals surface area contributed by atoms with Crippen LogP contribution in [0.15, 0.2) is 53.3 Å². The number of rotatable bonds is 5. The third kappa shape index (κ3) is 3.30. The van der Waals surface area contributed by atoms with Gasteiger partial charge in [0.05, 0.1) is 22.7 Å². The predicted octanol–water partition coefficient (Wildman–Crippen LogP) is 2.54. The van der Waals surface area contributed by atoms with Crippen LogP contribution < -0.4 is 15.2 Å². The average molecular weight is 407 g/mol. The number of aromatic nitrogens is 1. The number of nitrogens with zero attached hydrogens (tertiary/aromatic N) is 3. The van der Waals surface area contributed by atoms with E-state index in [1.807, 2.05) is 6.92 Å². The molecule has 3 aromatic rings. The summed E-state index contributed by atoms with van der Waals surface area (Å²) in [5.74, 6) is -0.0102. The van der Waals surface area contributed by atoms with Gasteiger partial charge >= 0.3 is 0 Å². The first kappa shape index (κ1) is 19.3. The zero-order valence-corrected chi connectivity index (χ0v) is 16.0. The zero-order chi connectivity index (χ0) is 21.4. The zero-order valence-electron chi connectivity index (χ0n) is 16.0. The topological polar surface area (TPSA) is 112 Å². The first-order valence-electron chi connectivity index (χ1n) is 9.27. The molecule has 9 heteroatoms. The molecule has 0 saturated carbocycles. The molecule has 152 valence electrons. The number of pyridine rings is 1. The van der Waals surface area contributed by atoms with Gasteiger partial charge in [0.15, 0.2) is 12.4 Å². The number of likely N-dealkylation sites (N-methyl/N-ethyl adjacent to an activating group) is 1. The molecule has 30 heavy (non-hydrogen) atoms. The van der Waals surface area contributed by atoms with Crippen molar-refractivity contribution in [3.05, 3.63) is 74.6 Å². The van der Waals surface area contributed by atoms with Gasteiger partial charge in [-0.1, -0.05) is 0 Å². The van der Waals surface area contributed by atoms with Crippen molar-refractivity contribution in [2.75, 3.05) is 18.1 Å². The Kier molecular flexibility index (Phi) is 4.78. The van der Waals surface area contributed by atoms with Crippen LogP contribution in [-0.2, 0) is 11.3 Å². The molecule has 2 heterocycles. The molecule has 0 unspecified atom stereocenters. The number of hydrogen-bond acceptors (Lipinski definition) is 6. The van der Waals surface area contributed by atoms with Gasteiger partial charge < -0.3 is 14.2 Å². The Hall–Kier alpha value is -4.01. The van der Waals surface area contributed by atoms with E-state index in [4.69, 9.17) is 4.74 Å². The first-order chi connectivity index (χ1) is 14.4. The van der Waals surface area contributed by atoms with Gasteiger partial charge in [-0.15, -0.1) is 0 Å². The van der Waals surface area contributed by atoms with Crippen LogP contribution in [0.3, 0.4) is 0 Å². The lowest BCUT2D eigenvalue weighted by Gasteiger charge is -2.28. The van der Waals surface area contributed by atoms with Gasteiger partial charge in [0.2, 0.25) is 0 Å². The third-order valence-corrected chi connectivity index (χ3v) is 5.03. The number of Topliss-reactive ketones (excluding diaryl/α,β-unsaturated/α-hetero) is 1. The molecule has 9 nitrogen and oxygen atoms in total. The first-order valence-corrected chi connectivity index (χ1v) is 9.27. The molecule has 0 aliphatic carbocycles. The highest BCUT2D eigenvalue weighted by Gasteiger charge is 2.25. The number of hydrogen-bond donors (Lipinski definition) is 0. The monoisotopic (exact) mass is 407 g/mol. The summed E-state index contributed by atoms with van der Waals surface area (Å²) in [6.07, 6.45) is 0. The minimum atomic E-state index is -0.518. The second kappa shape index (κ2) is 7.43. The largest absolute Gasteiger partial charge is 0.482 e. The molecule has 4 rings (SSSR count). The highest BCUT2D eigenvalue weighted by Crippen LogP contribution is 2.33. The lowest BCUT2D eigenvalue weighted by molar-refractivity contribution is -0.384. The van der Waals surface area contributed by atoms with Crippen LogP contribution in [0.4, 0.5) is 11.4 Å². The summed E-state index contributed by atoms with van der Waals surface area (Å²) >= 11 is 0. The van der Waals surface area contributed by atoms with Crippen molar-refractivity contribution in [2.45, 2.75) is 13.5 Å². The van der Waals surface area contributed by atoms with E-state index in [-0.39, 0.29) is 30.5 Å². The van der Waals surface area contributed by atoms with Crippen LogP contribution in [0.25, 0.3) is 10.9 Å². The van der Waals surface area contributed by atoms with E-state index in [0.29, 0.717) is 34.4 Å². The summed E-state index contributed by atoms with van der Waals surface area (Å²) in [7, 11) is 0. The Balaban J connectivity index is 1.71. The van der Waals surface area contributed by atoms with Gasteiger partial charge in [-0.2, -0.15) is 0 Å². The average Bonchev–Trinajstić information content (AvgIpc) is 2.74. The Morgan fingerprint density at radius 2 is 1.93 bits per heavy atom. The van der Waals surface area contributed by atoms with Crippen LogP contribution in [0, 0.1) is 10.1 Å². The van der Waals surface area contributed by atoms with Crippen LogP contribution in [0.5, 0.6) is 5.75 Å². The van der Waals surface area contributed by atoms with E-state index >= 15 is 0 Å². The van der Waals surface area contributed by atoms with Crippen molar-refractivity contribution in [3.8, 4) is 5.75 Å². The quantitative estimate of drug-likeness (QED) is 0.365. The van der Waals surface area contributed by atoms with Gasteiger partial charge in [0, 0.05) is 35.7 Å². The number of benzene rings is 2. The number of nitro benzene ring substituents is 1. The molecule has 0 atom stereocenters. The van der Waals surface area contributed by atoms with E-state index in [2.05, 4.69) is 0 Å². The van der Waals surface area contributed by atoms with Crippen LogP contribution in [-0.4, -0.2) is 34.3 Å². The highest BCUT2D eigenvalue weighted by molar-refractivity contribution is 6.02. The molecule has 0 bridgehead atoms. The van der Waals surface area contributed by atoms with Crippen molar-refractivity contribution in [2.24, 2.45) is 0 Å². The molecule has 0 N–H and O–H groups in total. The van der Waals surface area contributed by atoms with E-state index < -0.39 is 10.5 Å². The van der Waals surface area contributed by atoms with E-state index in [9.17, 15) is 24.5 Å². The fourth-order valence-corrected chi connectivity index (χ4v) is 3.52. The molecule has 0 fully saturated rings. The number of amides is 1. The maximum atomic E-state index is 12.9. The second-order valence-corrected chi connectivity index (χ2v) is 6.79. The van der Waals surface area contributed by atoms with Crippen molar-refractivity contribution in [1.82, 2.24) is 4.57 Å². The van der Waals surface area contributed by atoms with Gasteiger partial charge in [0.1, 0.15) is 5.75 Å². The van der Waals surface area contributed by atoms with Crippen LogP contribution >= 0.6 is 0 Å². The molecule has 1 aromatic heterocycles. The summed E-state index contributed by atoms with van der Waals surface area (Å²) in [5.41, 5.74) is 0.777. The number of fused-ring (bicyclic) bond motifs is 2. The number of anilines is 1. The number of carbonyl (C=O) groups is 2. The number of nitro groups is 1. The Morgan fingerprint density at radius 3 is 2.67 bits per heavy atom. The van der Waals surface area contributed by atoms with Crippen LogP contribution in [0.2, 0.25) is 0 Å². The number of ketones is 1. The van der Waals surface area contributed by atoms with Crippen molar-refractivity contribution in [1.29, 1.82) is 0 Å². The summed E-state index contributed by atoms with van der Waals surface area (Å²) in [4.78, 5) is 49.4. The van der Waals surface area contributed by atoms with Crippen molar-refractivity contribution >= 4 is 34.0 Å². The molecule has 0 spiro atoms.